The minimum absolute atomic E-state index is 0.354. The first-order chi connectivity index (χ1) is 10.6. The fourth-order valence-electron chi connectivity index (χ4n) is 1.89. The van der Waals surface area contributed by atoms with E-state index < -0.39 is 5.97 Å². The van der Waals surface area contributed by atoms with Crippen molar-refractivity contribution < 1.29 is 19.0 Å². The molecule has 0 bridgehead atoms. The van der Waals surface area contributed by atoms with E-state index in [9.17, 15) is 4.79 Å². The van der Waals surface area contributed by atoms with Crippen LogP contribution in [0.1, 0.15) is 15.9 Å². The molecule has 0 N–H and O–H groups in total. The summed E-state index contributed by atoms with van der Waals surface area (Å²) in [4.78, 5) is 11.8. The lowest BCUT2D eigenvalue weighted by Crippen LogP contribution is -2.06. The van der Waals surface area contributed by atoms with E-state index in [4.69, 9.17) is 14.2 Å². The summed E-state index contributed by atoms with van der Waals surface area (Å²) < 4.78 is 17.1. The van der Waals surface area contributed by atoms with Crippen molar-refractivity contribution in [2.45, 2.75) is 6.61 Å². The highest BCUT2D eigenvalue weighted by Gasteiger charge is 2.22. The van der Waals surface area contributed by atoms with Gasteiger partial charge >= 0.3 is 5.97 Å². The van der Waals surface area contributed by atoms with Gasteiger partial charge in [0.25, 0.3) is 0 Å². The van der Waals surface area contributed by atoms with Crippen LogP contribution in [0.4, 0.5) is 0 Å². The fraction of sp³-hybridized carbons (Fsp3) is 0.188. The van der Waals surface area contributed by atoms with E-state index in [1.807, 2.05) is 30.3 Å². The van der Waals surface area contributed by atoms with Gasteiger partial charge in [-0.05, 0) is 43.5 Å². The Bertz CT molecular complexity index is 672. The highest BCUT2D eigenvalue weighted by molar-refractivity contribution is 9.11. The highest BCUT2D eigenvalue weighted by atomic mass is 79.9. The SMILES string of the molecule is COC(=O)c1cc(Br)c(OC)c(OCc2ccccc2)c1Br. The topological polar surface area (TPSA) is 44.8 Å². The van der Waals surface area contributed by atoms with Crippen LogP contribution >= 0.6 is 31.9 Å². The predicted molar refractivity (Wildman–Crippen MR) is 90.5 cm³/mol. The summed E-state index contributed by atoms with van der Waals surface area (Å²) in [6.07, 6.45) is 0. The molecule has 4 nitrogen and oxygen atoms in total. The molecule has 2 aromatic carbocycles. The molecule has 0 aliphatic rings. The number of carbonyl (C=O) groups excluding carboxylic acids is 1. The molecule has 0 heterocycles. The maximum atomic E-state index is 11.8. The van der Waals surface area contributed by atoms with Gasteiger partial charge in [0.1, 0.15) is 6.61 Å². The molecule has 2 rings (SSSR count). The van der Waals surface area contributed by atoms with Gasteiger partial charge in [0.2, 0.25) is 0 Å². The van der Waals surface area contributed by atoms with Gasteiger partial charge in [-0.3, -0.25) is 0 Å². The van der Waals surface area contributed by atoms with E-state index in [0.717, 1.165) is 5.56 Å². The summed E-state index contributed by atoms with van der Waals surface area (Å²) in [5.41, 5.74) is 1.37. The third-order valence-electron chi connectivity index (χ3n) is 2.97. The van der Waals surface area contributed by atoms with E-state index >= 15 is 0 Å². The monoisotopic (exact) mass is 428 g/mol. The number of esters is 1. The molecule has 116 valence electrons. The molecule has 22 heavy (non-hydrogen) atoms. The predicted octanol–water partition coefficient (Wildman–Crippen LogP) is 4.59. The van der Waals surface area contributed by atoms with Crippen molar-refractivity contribution in [1.29, 1.82) is 0 Å². The lowest BCUT2D eigenvalue weighted by atomic mass is 10.2. The molecule has 0 radical (unpaired) electrons. The number of hydrogen-bond acceptors (Lipinski definition) is 4. The Hall–Kier alpha value is -1.53. The number of methoxy groups -OCH3 is 2. The van der Waals surface area contributed by atoms with Gasteiger partial charge in [-0.15, -0.1) is 0 Å². The Morgan fingerprint density at radius 2 is 1.77 bits per heavy atom. The van der Waals surface area contributed by atoms with E-state index in [1.165, 1.54) is 7.11 Å². The van der Waals surface area contributed by atoms with Crippen LogP contribution in [0, 0.1) is 0 Å². The van der Waals surface area contributed by atoms with Crippen LogP contribution in [-0.4, -0.2) is 20.2 Å². The van der Waals surface area contributed by atoms with Crippen LogP contribution in [0.25, 0.3) is 0 Å². The maximum Gasteiger partial charge on any atom is 0.339 e. The standard InChI is InChI=1S/C16H14Br2O4/c1-20-14-12(17)8-11(16(19)21-2)13(18)15(14)22-9-10-6-4-3-5-7-10/h3-8H,9H2,1-2H3. The molecule has 0 amide bonds. The number of ether oxygens (including phenoxy) is 3. The van der Waals surface area contributed by atoms with Crippen molar-refractivity contribution in [1.82, 2.24) is 0 Å². The normalized spacial score (nSPS) is 10.2. The minimum atomic E-state index is -0.459. The first kappa shape index (κ1) is 16.8. The van der Waals surface area contributed by atoms with Crippen LogP contribution in [0.2, 0.25) is 0 Å². The van der Waals surface area contributed by atoms with Crippen molar-refractivity contribution in [2.24, 2.45) is 0 Å². The van der Waals surface area contributed by atoms with Gasteiger partial charge in [-0.25, -0.2) is 4.79 Å². The molecule has 0 fully saturated rings. The third-order valence-corrected chi connectivity index (χ3v) is 4.34. The Morgan fingerprint density at radius 3 is 2.36 bits per heavy atom. The number of carbonyl (C=O) groups is 1. The fourth-order valence-corrected chi connectivity index (χ4v) is 3.04. The summed E-state index contributed by atoms with van der Waals surface area (Å²) in [7, 11) is 2.87. The zero-order chi connectivity index (χ0) is 16.1. The van der Waals surface area contributed by atoms with E-state index in [0.29, 0.717) is 32.6 Å². The second-order valence-electron chi connectivity index (χ2n) is 4.35. The molecule has 0 aliphatic carbocycles. The van der Waals surface area contributed by atoms with Crippen molar-refractivity contribution >= 4 is 37.8 Å². The van der Waals surface area contributed by atoms with Crippen molar-refractivity contribution in [3.05, 3.63) is 56.5 Å². The summed E-state index contributed by atoms with van der Waals surface area (Å²) in [5.74, 6) is 0.497. The van der Waals surface area contributed by atoms with Gasteiger partial charge < -0.3 is 14.2 Å². The van der Waals surface area contributed by atoms with Gasteiger partial charge in [-0.2, -0.15) is 0 Å². The third kappa shape index (κ3) is 3.62. The molecule has 0 unspecified atom stereocenters. The van der Waals surface area contributed by atoms with Gasteiger partial charge in [0, 0.05) is 0 Å². The number of hydrogen-bond donors (Lipinski definition) is 0. The molecule has 0 spiro atoms. The lowest BCUT2D eigenvalue weighted by Gasteiger charge is -2.16. The van der Waals surface area contributed by atoms with Crippen LogP contribution in [-0.2, 0) is 11.3 Å². The Morgan fingerprint density at radius 1 is 1.09 bits per heavy atom. The first-order valence-electron chi connectivity index (χ1n) is 6.39. The van der Waals surface area contributed by atoms with E-state index in [2.05, 4.69) is 31.9 Å². The molecule has 0 saturated heterocycles. The summed E-state index contributed by atoms with van der Waals surface area (Å²) >= 11 is 6.78. The van der Waals surface area contributed by atoms with E-state index in [1.54, 1.807) is 13.2 Å². The van der Waals surface area contributed by atoms with Crippen LogP contribution in [0.3, 0.4) is 0 Å². The number of halogens is 2. The van der Waals surface area contributed by atoms with Crippen LogP contribution < -0.4 is 9.47 Å². The first-order valence-corrected chi connectivity index (χ1v) is 7.98. The average molecular weight is 430 g/mol. The van der Waals surface area contributed by atoms with Crippen molar-refractivity contribution in [2.75, 3.05) is 14.2 Å². The maximum absolute atomic E-state index is 11.8. The Balaban J connectivity index is 2.39. The molecule has 0 saturated carbocycles. The van der Waals surface area contributed by atoms with Gasteiger partial charge in [-0.1, -0.05) is 30.3 Å². The summed E-state index contributed by atoms with van der Waals surface area (Å²) in [6.45, 7) is 0.354. The molecule has 0 aromatic heterocycles. The summed E-state index contributed by atoms with van der Waals surface area (Å²) in [6, 6.07) is 11.4. The van der Waals surface area contributed by atoms with Gasteiger partial charge in [0.05, 0.1) is 28.7 Å². The number of benzene rings is 2. The van der Waals surface area contributed by atoms with Crippen LogP contribution in [0.5, 0.6) is 11.5 Å². The second-order valence-corrected chi connectivity index (χ2v) is 6.00. The zero-order valence-corrected chi connectivity index (χ0v) is 15.2. The quantitative estimate of drug-likeness (QED) is 0.652. The minimum Gasteiger partial charge on any atom is -0.492 e. The van der Waals surface area contributed by atoms with Crippen LogP contribution in [0.15, 0.2) is 45.3 Å². The average Bonchev–Trinajstić information content (AvgIpc) is 2.55. The lowest BCUT2D eigenvalue weighted by molar-refractivity contribution is 0.0599. The van der Waals surface area contributed by atoms with E-state index in [-0.39, 0.29) is 0 Å². The molecular weight excluding hydrogens is 416 g/mol. The molecule has 0 aliphatic heterocycles. The molecule has 0 atom stereocenters. The molecule has 6 heteroatoms. The van der Waals surface area contributed by atoms with Crippen molar-refractivity contribution in [3.63, 3.8) is 0 Å². The zero-order valence-electron chi connectivity index (χ0n) is 12.1. The van der Waals surface area contributed by atoms with Gasteiger partial charge in [0.15, 0.2) is 11.5 Å². The largest absolute Gasteiger partial charge is 0.492 e. The molecule has 2 aromatic rings. The number of rotatable bonds is 5. The second kappa shape index (κ2) is 7.65. The van der Waals surface area contributed by atoms with Crippen molar-refractivity contribution in [3.8, 4) is 11.5 Å². The molecular formula is C16H14Br2O4. The highest BCUT2D eigenvalue weighted by Crippen LogP contribution is 2.43. The summed E-state index contributed by atoms with van der Waals surface area (Å²) in [5, 5.41) is 0. The Labute approximate surface area is 145 Å². The Kier molecular flexibility index (Phi) is 5.85. The smallest absolute Gasteiger partial charge is 0.339 e.